The van der Waals surface area contributed by atoms with Crippen molar-refractivity contribution in [3.8, 4) is 0 Å². The first-order valence-corrected chi connectivity index (χ1v) is 8.39. The van der Waals surface area contributed by atoms with E-state index in [9.17, 15) is 18.4 Å². The summed E-state index contributed by atoms with van der Waals surface area (Å²) in [7, 11) is 0. The Kier molecular flexibility index (Phi) is 4.68. The van der Waals surface area contributed by atoms with Crippen molar-refractivity contribution >= 4 is 39.1 Å². The van der Waals surface area contributed by atoms with E-state index in [1.165, 1.54) is 10.7 Å². The monoisotopic (exact) mass is 379 g/mol. The molecule has 0 radical (unpaired) electrons. The van der Waals surface area contributed by atoms with Gasteiger partial charge in [-0.05, 0) is 31.5 Å². The molecule has 26 heavy (non-hydrogen) atoms. The Balaban J connectivity index is 2.03. The van der Waals surface area contributed by atoms with Gasteiger partial charge in [-0.25, -0.2) is 13.8 Å². The number of nitrogens with zero attached hydrogens (tertiary/aromatic N) is 3. The van der Waals surface area contributed by atoms with Crippen LogP contribution in [0.15, 0.2) is 18.3 Å². The van der Waals surface area contributed by atoms with Crippen LogP contribution in [-0.4, -0.2) is 26.6 Å². The second kappa shape index (κ2) is 6.79. The van der Waals surface area contributed by atoms with E-state index in [-0.39, 0.29) is 21.9 Å². The first kappa shape index (κ1) is 17.9. The number of halogens is 2. The van der Waals surface area contributed by atoms with Crippen molar-refractivity contribution in [3.05, 3.63) is 40.2 Å². The number of amides is 2. The first-order chi connectivity index (χ1) is 12.3. The molecule has 3 heterocycles. The number of thiophene rings is 1. The zero-order chi connectivity index (χ0) is 19.0. The van der Waals surface area contributed by atoms with Crippen LogP contribution < -0.4 is 11.1 Å². The van der Waals surface area contributed by atoms with E-state index in [1.54, 1.807) is 26.1 Å². The molecule has 0 aromatic carbocycles. The quantitative estimate of drug-likeness (QED) is 0.711. The molecule has 3 rings (SSSR count). The molecule has 0 saturated carbocycles. The van der Waals surface area contributed by atoms with Gasteiger partial charge < -0.3 is 11.1 Å². The minimum atomic E-state index is -2.74. The van der Waals surface area contributed by atoms with Crippen molar-refractivity contribution in [1.82, 2.24) is 14.8 Å². The highest BCUT2D eigenvalue weighted by atomic mass is 32.1. The number of alkyl halides is 2. The van der Waals surface area contributed by atoms with Crippen molar-refractivity contribution < 1.29 is 18.4 Å². The molecule has 3 N–H and O–H groups in total. The van der Waals surface area contributed by atoms with Crippen molar-refractivity contribution in [1.29, 1.82) is 0 Å². The van der Waals surface area contributed by atoms with Gasteiger partial charge >= 0.3 is 0 Å². The molecular weight excluding hydrogens is 364 g/mol. The van der Waals surface area contributed by atoms with Crippen LogP contribution in [0.5, 0.6) is 0 Å². The Bertz CT molecular complexity index is 1010. The number of nitrogens with two attached hydrogens (primary N) is 1. The molecule has 2 amide bonds. The van der Waals surface area contributed by atoms with Gasteiger partial charge in [-0.15, -0.1) is 11.3 Å². The number of aryl methyl sites for hydroxylation is 2. The molecule has 0 saturated heterocycles. The van der Waals surface area contributed by atoms with E-state index in [0.717, 1.165) is 17.0 Å². The van der Waals surface area contributed by atoms with E-state index in [2.05, 4.69) is 15.4 Å². The second-order valence-electron chi connectivity index (χ2n) is 5.69. The van der Waals surface area contributed by atoms with Crippen LogP contribution in [0.4, 0.5) is 14.5 Å². The van der Waals surface area contributed by atoms with Crippen molar-refractivity contribution in [2.75, 3.05) is 5.32 Å². The maximum atomic E-state index is 13.0. The number of hydrogen-bond acceptors (Lipinski definition) is 5. The number of hydrogen-bond donors (Lipinski definition) is 2. The molecular formula is C16H15F2N5O2S. The number of rotatable bonds is 5. The van der Waals surface area contributed by atoms with Crippen molar-refractivity contribution in [2.24, 2.45) is 5.73 Å². The lowest BCUT2D eigenvalue weighted by molar-refractivity contribution is -0.116. The minimum Gasteiger partial charge on any atom is -0.365 e. The lowest BCUT2D eigenvalue weighted by atomic mass is 10.1. The standard InChI is InChI=1S/C16H15F2N5O2S/c1-7-5-9(14(17)18)21-16-11(7)12(13(26-16)15(19)25)22-10(24)6-23-8(2)3-4-20-23/h3-5,14H,6H2,1-2H3,(H2,19,25)(H,22,24). The average Bonchev–Trinajstić information content (AvgIpc) is 3.11. The molecule has 0 aliphatic heterocycles. The topological polar surface area (TPSA) is 103 Å². The van der Waals surface area contributed by atoms with Gasteiger partial charge in [-0.1, -0.05) is 0 Å². The van der Waals surface area contributed by atoms with E-state index >= 15 is 0 Å². The molecule has 0 bridgehead atoms. The van der Waals surface area contributed by atoms with Gasteiger partial charge in [0.2, 0.25) is 5.91 Å². The van der Waals surface area contributed by atoms with Gasteiger partial charge in [0, 0.05) is 17.3 Å². The van der Waals surface area contributed by atoms with Gasteiger partial charge in [0.15, 0.2) is 0 Å². The van der Waals surface area contributed by atoms with E-state index in [1.807, 2.05) is 0 Å². The lowest BCUT2D eigenvalue weighted by Crippen LogP contribution is -2.22. The van der Waals surface area contributed by atoms with Crippen LogP contribution in [0.3, 0.4) is 0 Å². The lowest BCUT2D eigenvalue weighted by Gasteiger charge is -2.09. The average molecular weight is 379 g/mol. The number of anilines is 1. The summed E-state index contributed by atoms with van der Waals surface area (Å²) < 4.78 is 27.4. The Morgan fingerprint density at radius 3 is 2.69 bits per heavy atom. The van der Waals surface area contributed by atoms with Crippen LogP contribution >= 0.6 is 11.3 Å². The van der Waals surface area contributed by atoms with Crippen LogP contribution in [0.2, 0.25) is 0 Å². The number of pyridine rings is 1. The molecule has 0 aliphatic carbocycles. The molecule has 3 aromatic heterocycles. The Hall–Kier alpha value is -2.88. The highest BCUT2D eigenvalue weighted by Gasteiger charge is 2.23. The fourth-order valence-corrected chi connectivity index (χ4v) is 3.66. The van der Waals surface area contributed by atoms with Crippen LogP contribution in [-0.2, 0) is 11.3 Å². The number of fused-ring (bicyclic) bond motifs is 1. The molecule has 10 heteroatoms. The Morgan fingerprint density at radius 2 is 2.12 bits per heavy atom. The molecule has 3 aromatic rings. The molecule has 136 valence electrons. The summed E-state index contributed by atoms with van der Waals surface area (Å²) in [4.78, 5) is 28.3. The molecule has 0 atom stereocenters. The summed E-state index contributed by atoms with van der Waals surface area (Å²) in [5.41, 5.74) is 6.46. The summed E-state index contributed by atoms with van der Waals surface area (Å²) in [6.45, 7) is 3.35. The summed E-state index contributed by atoms with van der Waals surface area (Å²) in [5, 5.41) is 7.11. The number of nitrogens with one attached hydrogen (secondary N) is 1. The fraction of sp³-hybridized carbons (Fsp3) is 0.250. The zero-order valence-corrected chi connectivity index (χ0v) is 14.7. The van der Waals surface area contributed by atoms with Gasteiger partial charge in [0.05, 0.1) is 5.69 Å². The number of carbonyl (C=O) groups excluding carboxylic acids is 2. The highest BCUT2D eigenvalue weighted by Crippen LogP contribution is 2.38. The summed E-state index contributed by atoms with van der Waals surface area (Å²) in [6.07, 6.45) is -1.17. The third kappa shape index (κ3) is 3.27. The summed E-state index contributed by atoms with van der Waals surface area (Å²) in [5.74, 6) is -1.19. The Morgan fingerprint density at radius 1 is 1.38 bits per heavy atom. The SMILES string of the molecule is Cc1cc(C(F)F)nc2sc(C(N)=O)c(NC(=O)Cn3nccc3C)c12. The zero-order valence-electron chi connectivity index (χ0n) is 13.9. The van der Waals surface area contributed by atoms with E-state index in [0.29, 0.717) is 10.9 Å². The van der Waals surface area contributed by atoms with E-state index < -0.39 is 23.9 Å². The van der Waals surface area contributed by atoms with Crippen LogP contribution in [0.25, 0.3) is 10.2 Å². The van der Waals surface area contributed by atoms with Gasteiger partial charge in [0.1, 0.15) is 21.9 Å². The number of carbonyl (C=O) groups is 2. The molecule has 0 unspecified atom stereocenters. The number of primary amides is 1. The third-order valence-electron chi connectivity index (χ3n) is 3.81. The third-order valence-corrected chi connectivity index (χ3v) is 4.91. The fourth-order valence-electron chi connectivity index (χ4n) is 2.59. The van der Waals surface area contributed by atoms with Crippen LogP contribution in [0, 0.1) is 13.8 Å². The predicted octanol–water partition coefficient (Wildman–Crippen LogP) is 2.78. The maximum Gasteiger partial charge on any atom is 0.280 e. The smallest absolute Gasteiger partial charge is 0.280 e. The van der Waals surface area contributed by atoms with Gasteiger partial charge in [-0.3, -0.25) is 14.3 Å². The Labute approximate surface area is 150 Å². The normalized spacial score (nSPS) is 11.3. The molecule has 0 spiro atoms. The van der Waals surface area contributed by atoms with Crippen molar-refractivity contribution in [3.63, 3.8) is 0 Å². The molecule has 7 nitrogen and oxygen atoms in total. The van der Waals surface area contributed by atoms with Gasteiger partial charge in [0.25, 0.3) is 12.3 Å². The largest absolute Gasteiger partial charge is 0.365 e. The highest BCUT2D eigenvalue weighted by molar-refractivity contribution is 7.21. The summed E-state index contributed by atoms with van der Waals surface area (Å²) >= 11 is 0.875. The van der Waals surface area contributed by atoms with Crippen molar-refractivity contribution in [2.45, 2.75) is 26.8 Å². The van der Waals surface area contributed by atoms with Crippen LogP contribution in [0.1, 0.15) is 33.0 Å². The summed E-state index contributed by atoms with van der Waals surface area (Å²) in [6, 6.07) is 2.99. The first-order valence-electron chi connectivity index (χ1n) is 7.58. The molecule has 0 aliphatic rings. The number of aromatic nitrogens is 3. The molecule has 0 fully saturated rings. The predicted molar refractivity (Wildman–Crippen MR) is 93.4 cm³/mol. The maximum absolute atomic E-state index is 13.0. The second-order valence-corrected chi connectivity index (χ2v) is 6.69. The van der Waals surface area contributed by atoms with E-state index in [4.69, 9.17) is 5.73 Å². The minimum absolute atomic E-state index is 0.0596. The van der Waals surface area contributed by atoms with Gasteiger partial charge in [-0.2, -0.15) is 5.10 Å².